The van der Waals surface area contributed by atoms with Crippen molar-refractivity contribution in [2.24, 2.45) is 0 Å². The van der Waals surface area contributed by atoms with Gasteiger partial charge in [0.15, 0.2) is 0 Å². The first-order chi connectivity index (χ1) is 9.99. The lowest BCUT2D eigenvalue weighted by molar-refractivity contribution is -0.137. The molecule has 108 valence electrons. The molecule has 0 aliphatic heterocycles. The van der Waals surface area contributed by atoms with E-state index in [1.54, 1.807) is 12.1 Å². The molecule has 0 aromatic heterocycles. The van der Waals surface area contributed by atoms with E-state index in [1.807, 2.05) is 12.1 Å². The van der Waals surface area contributed by atoms with Crippen molar-refractivity contribution >= 4 is 6.08 Å². The number of hydrogen-bond acceptors (Lipinski definition) is 0. The largest absolute Gasteiger partial charge is 0.416 e. The molecule has 21 heavy (non-hydrogen) atoms. The second-order valence-electron chi connectivity index (χ2n) is 5.29. The summed E-state index contributed by atoms with van der Waals surface area (Å²) in [4.78, 5) is 0. The Hall–Kier alpha value is -2.03. The fourth-order valence-corrected chi connectivity index (χ4v) is 2.75. The highest BCUT2D eigenvalue weighted by Crippen LogP contribution is 2.36. The van der Waals surface area contributed by atoms with Crippen molar-refractivity contribution in [1.29, 1.82) is 0 Å². The first kappa shape index (κ1) is 13.9. The number of alkyl halides is 3. The predicted octanol–water partition coefficient (Wildman–Crippen LogP) is 5.72. The molecule has 0 amide bonds. The summed E-state index contributed by atoms with van der Waals surface area (Å²) in [6, 6.07) is 11.4. The Morgan fingerprint density at radius 1 is 1.00 bits per heavy atom. The van der Waals surface area contributed by atoms with Gasteiger partial charge in [-0.3, -0.25) is 0 Å². The summed E-state index contributed by atoms with van der Waals surface area (Å²) in [6.45, 7) is 2.12. The van der Waals surface area contributed by atoms with E-state index in [2.05, 4.69) is 19.1 Å². The van der Waals surface area contributed by atoms with Crippen molar-refractivity contribution in [2.45, 2.75) is 25.9 Å². The van der Waals surface area contributed by atoms with Gasteiger partial charge in [0.1, 0.15) is 0 Å². The first-order valence-electron chi connectivity index (χ1n) is 6.98. The molecule has 0 saturated heterocycles. The van der Waals surface area contributed by atoms with Gasteiger partial charge < -0.3 is 0 Å². The average molecular weight is 288 g/mol. The zero-order valence-electron chi connectivity index (χ0n) is 11.7. The lowest BCUT2D eigenvalue weighted by Gasteiger charge is -2.10. The van der Waals surface area contributed by atoms with Crippen LogP contribution in [0.15, 0.2) is 48.0 Å². The fraction of sp³-hybridized carbons (Fsp3) is 0.222. The molecule has 1 aliphatic rings. The summed E-state index contributed by atoms with van der Waals surface area (Å²) >= 11 is 0. The van der Waals surface area contributed by atoms with Crippen LogP contribution in [-0.4, -0.2) is 0 Å². The van der Waals surface area contributed by atoms with Gasteiger partial charge in [0.25, 0.3) is 0 Å². The Labute approximate surface area is 121 Å². The molecular formula is C18H15F3. The number of halogens is 3. The van der Waals surface area contributed by atoms with Crippen LogP contribution >= 0.6 is 0 Å². The molecule has 0 N–H and O–H groups in total. The highest BCUT2D eigenvalue weighted by Gasteiger charge is 2.30. The SMILES string of the molecule is CCC1=Cc2c(cccc2-c2ccc(C(F)(F)F)cc2)C1. The van der Waals surface area contributed by atoms with Gasteiger partial charge in [-0.25, -0.2) is 0 Å². The normalized spacial score (nSPS) is 14.0. The van der Waals surface area contributed by atoms with Crippen LogP contribution in [0, 0.1) is 0 Å². The third-order valence-corrected chi connectivity index (χ3v) is 3.94. The van der Waals surface area contributed by atoms with E-state index < -0.39 is 11.7 Å². The van der Waals surface area contributed by atoms with Crippen molar-refractivity contribution in [3.05, 3.63) is 64.7 Å². The Morgan fingerprint density at radius 2 is 1.71 bits per heavy atom. The maximum atomic E-state index is 12.6. The molecule has 0 atom stereocenters. The maximum absolute atomic E-state index is 12.6. The second-order valence-corrected chi connectivity index (χ2v) is 5.29. The topological polar surface area (TPSA) is 0 Å². The minimum absolute atomic E-state index is 0.608. The first-order valence-corrected chi connectivity index (χ1v) is 6.98. The number of hydrogen-bond donors (Lipinski definition) is 0. The standard InChI is InChI=1S/C18H15F3/c1-2-12-10-14-4-3-5-16(17(14)11-12)13-6-8-15(9-7-13)18(19,20)21/h3-9,11H,2,10H2,1H3. The molecule has 0 nitrogen and oxygen atoms in total. The van der Waals surface area contributed by atoms with E-state index in [1.165, 1.54) is 11.1 Å². The number of benzene rings is 2. The third kappa shape index (κ3) is 2.60. The van der Waals surface area contributed by atoms with Gasteiger partial charge in [-0.2, -0.15) is 13.2 Å². The Balaban J connectivity index is 2.03. The fourth-order valence-electron chi connectivity index (χ4n) is 2.75. The third-order valence-electron chi connectivity index (χ3n) is 3.94. The summed E-state index contributed by atoms with van der Waals surface area (Å²) in [6.07, 6.45) is -0.170. The van der Waals surface area contributed by atoms with Gasteiger partial charge >= 0.3 is 6.18 Å². The van der Waals surface area contributed by atoms with Gasteiger partial charge in [-0.15, -0.1) is 0 Å². The zero-order valence-corrected chi connectivity index (χ0v) is 11.7. The van der Waals surface area contributed by atoms with Crippen molar-refractivity contribution in [3.8, 4) is 11.1 Å². The van der Waals surface area contributed by atoms with Crippen LogP contribution in [0.1, 0.15) is 30.0 Å². The molecular weight excluding hydrogens is 273 g/mol. The van der Waals surface area contributed by atoms with Crippen molar-refractivity contribution in [1.82, 2.24) is 0 Å². The van der Waals surface area contributed by atoms with Crippen LogP contribution in [0.25, 0.3) is 17.2 Å². The quantitative estimate of drug-likeness (QED) is 0.662. The van der Waals surface area contributed by atoms with Crippen LogP contribution in [0.2, 0.25) is 0 Å². The molecule has 1 aliphatic carbocycles. The average Bonchev–Trinajstić information content (AvgIpc) is 2.89. The molecule has 2 aromatic carbocycles. The van der Waals surface area contributed by atoms with Gasteiger partial charge in [0.2, 0.25) is 0 Å². The molecule has 0 fully saturated rings. The number of fused-ring (bicyclic) bond motifs is 1. The molecule has 0 radical (unpaired) electrons. The smallest absolute Gasteiger partial charge is 0.166 e. The molecule has 3 heteroatoms. The summed E-state index contributed by atoms with van der Waals surface area (Å²) in [7, 11) is 0. The van der Waals surface area contributed by atoms with Crippen LogP contribution < -0.4 is 0 Å². The minimum Gasteiger partial charge on any atom is -0.166 e. The Morgan fingerprint density at radius 3 is 2.33 bits per heavy atom. The minimum atomic E-state index is -4.29. The van der Waals surface area contributed by atoms with E-state index in [4.69, 9.17) is 0 Å². The number of rotatable bonds is 2. The van der Waals surface area contributed by atoms with E-state index in [0.29, 0.717) is 0 Å². The van der Waals surface area contributed by atoms with E-state index >= 15 is 0 Å². The predicted molar refractivity (Wildman–Crippen MR) is 78.9 cm³/mol. The molecule has 3 rings (SSSR count). The molecule has 0 saturated carbocycles. The monoisotopic (exact) mass is 288 g/mol. The summed E-state index contributed by atoms with van der Waals surface area (Å²) in [5.74, 6) is 0. The van der Waals surface area contributed by atoms with E-state index in [9.17, 15) is 13.2 Å². The second kappa shape index (κ2) is 5.06. The highest BCUT2D eigenvalue weighted by atomic mass is 19.4. The Bertz CT molecular complexity index is 691. The van der Waals surface area contributed by atoms with Crippen LogP contribution in [0.3, 0.4) is 0 Å². The molecule has 0 heterocycles. The van der Waals surface area contributed by atoms with Crippen molar-refractivity contribution < 1.29 is 13.2 Å². The highest BCUT2D eigenvalue weighted by molar-refractivity contribution is 5.80. The van der Waals surface area contributed by atoms with E-state index in [0.717, 1.165) is 41.7 Å². The van der Waals surface area contributed by atoms with Crippen LogP contribution in [0.4, 0.5) is 13.2 Å². The summed E-state index contributed by atoms with van der Waals surface area (Å²) in [5.41, 5.74) is 4.99. The van der Waals surface area contributed by atoms with Crippen LogP contribution in [-0.2, 0) is 12.6 Å². The molecule has 2 aromatic rings. The lowest BCUT2D eigenvalue weighted by Crippen LogP contribution is -2.04. The van der Waals surface area contributed by atoms with Gasteiger partial charge in [0, 0.05) is 0 Å². The molecule has 0 unspecified atom stereocenters. The molecule has 0 bridgehead atoms. The Kier molecular flexibility index (Phi) is 3.36. The van der Waals surface area contributed by atoms with Crippen LogP contribution in [0.5, 0.6) is 0 Å². The molecule has 0 spiro atoms. The summed E-state index contributed by atoms with van der Waals surface area (Å²) in [5, 5.41) is 0. The lowest BCUT2D eigenvalue weighted by atomic mass is 9.96. The summed E-state index contributed by atoms with van der Waals surface area (Å²) < 4.78 is 37.9. The van der Waals surface area contributed by atoms with E-state index in [-0.39, 0.29) is 0 Å². The maximum Gasteiger partial charge on any atom is 0.416 e. The zero-order chi connectivity index (χ0) is 15.0. The van der Waals surface area contributed by atoms with Gasteiger partial charge in [0.05, 0.1) is 5.56 Å². The number of allylic oxidation sites excluding steroid dienone is 1. The van der Waals surface area contributed by atoms with Gasteiger partial charge in [-0.1, -0.05) is 48.9 Å². The van der Waals surface area contributed by atoms with Gasteiger partial charge in [-0.05, 0) is 47.2 Å². The van der Waals surface area contributed by atoms with Crippen molar-refractivity contribution in [3.63, 3.8) is 0 Å². The van der Waals surface area contributed by atoms with Crippen molar-refractivity contribution in [2.75, 3.05) is 0 Å².